The van der Waals surface area contributed by atoms with E-state index in [4.69, 9.17) is 0 Å². The molecule has 0 heterocycles. The molecule has 0 unspecified atom stereocenters. The molecule has 55 heavy (non-hydrogen) atoms. The first-order chi connectivity index (χ1) is 27.3. The summed E-state index contributed by atoms with van der Waals surface area (Å²) in [5, 5.41) is 7.60. The highest BCUT2D eigenvalue weighted by molar-refractivity contribution is 6.13. The van der Waals surface area contributed by atoms with Crippen LogP contribution in [-0.4, -0.2) is 0 Å². The SMILES string of the molecule is c1ccc(-c2cccc(N(c3ccc(-c4cccc(-c5cccc6ccccc56)c4)cc3)c3ccc(-c4cc5ccccc5c5ccccc45)cc3)c2)cc1. The second-order valence-corrected chi connectivity index (χ2v) is 14.1. The Morgan fingerprint density at radius 1 is 0.218 bits per heavy atom. The minimum atomic E-state index is 1.10. The Balaban J connectivity index is 1.05. The average molecular weight is 700 g/mol. The van der Waals surface area contributed by atoms with Gasteiger partial charge in [0.25, 0.3) is 0 Å². The van der Waals surface area contributed by atoms with E-state index in [9.17, 15) is 0 Å². The smallest absolute Gasteiger partial charge is 0.0467 e. The Bertz CT molecular complexity index is 2950. The van der Waals surface area contributed by atoms with Crippen LogP contribution in [0.15, 0.2) is 224 Å². The van der Waals surface area contributed by atoms with Crippen LogP contribution in [-0.2, 0) is 0 Å². The quantitative estimate of drug-likeness (QED) is 0.150. The third-order valence-corrected chi connectivity index (χ3v) is 10.8. The van der Waals surface area contributed by atoms with Gasteiger partial charge in [0.2, 0.25) is 0 Å². The van der Waals surface area contributed by atoms with E-state index in [1.165, 1.54) is 76.8 Å². The molecule has 0 amide bonds. The Morgan fingerprint density at radius 3 is 1.49 bits per heavy atom. The molecule has 0 saturated heterocycles. The summed E-state index contributed by atoms with van der Waals surface area (Å²) < 4.78 is 0. The summed E-state index contributed by atoms with van der Waals surface area (Å²) in [6, 6.07) is 81.4. The van der Waals surface area contributed by atoms with Gasteiger partial charge in [-0.3, -0.25) is 0 Å². The molecule has 0 saturated carbocycles. The summed E-state index contributed by atoms with van der Waals surface area (Å²) in [5.41, 5.74) is 13.0. The van der Waals surface area contributed by atoms with E-state index >= 15 is 0 Å². The van der Waals surface area contributed by atoms with Gasteiger partial charge >= 0.3 is 0 Å². The van der Waals surface area contributed by atoms with Crippen LogP contribution in [0, 0.1) is 0 Å². The predicted octanol–water partition coefficient (Wildman–Crippen LogP) is 15.3. The van der Waals surface area contributed by atoms with Gasteiger partial charge in [-0.2, -0.15) is 0 Å². The van der Waals surface area contributed by atoms with Crippen molar-refractivity contribution < 1.29 is 0 Å². The van der Waals surface area contributed by atoms with Gasteiger partial charge in [-0.05, 0) is 125 Å². The molecule has 0 radical (unpaired) electrons. The van der Waals surface area contributed by atoms with Gasteiger partial charge < -0.3 is 4.90 Å². The highest BCUT2D eigenvalue weighted by Gasteiger charge is 2.16. The van der Waals surface area contributed by atoms with Crippen LogP contribution in [0.4, 0.5) is 17.1 Å². The first-order valence-electron chi connectivity index (χ1n) is 18.9. The normalized spacial score (nSPS) is 11.3. The number of hydrogen-bond acceptors (Lipinski definition) is 1. The van der Waals surface area contributed by atoms with E-state index in [2.05, 4.69) is 229 Å². The molecule has 0 spiro atoms. The topological polar surface area (TPSA) is 3.24 Å². The van der Waals surface area contributed by atoms with E-state index in [0.717, 1.165) is 17.1 Å². The highest BCUT2D eigenvalue weighted by atomic mass is 15.1. The summed E-state index contributed by atoms with van der Waals surface area (Å²) in [7, 11) is 0. The highest BCUT2D eigenvalue weighted by Crippen LogP contribution is 2.41. The van der Waals surface area contributed by atoms with Gasteiger partial charge in [-0.25, -0.2) is 0 Å². The molecule has 10 rings (SSSR count). The maximum atomic E-state index is 2.37. The third-order valence-electron chi connectivity index (χ3n) is 10.8. The average Bonchev–Trinajstić information content (AvgIpc) is 3.27. The van der Waals surface area contributed by atoms with Crippen molar-refractivity contribution in [1.29, 1.82) is 0 Å². The van der Waals surface area contributed by atoms with Gasteiger partial charge in [0.05, 0.1) is 0 Å². The summed E-state index contributed by atoms with van der Waals surface area (Å²) in [5.74, 6) is 0. The van der Waals surface area contributed by atoms with Crippen LogP contribution in [0.3, 0.4) is 0 Å². The second kappa shape index (κ2) is 14.0. The minimum absolute atomic E-state index is 1.10. The summed E-state index contributed by atoms with van der Waals surface area (Å²) in [6.07, 6.45) is 0. The van der Waals surface area contributed by atoms with Gasteiger partial charge in [0, 0.05) is 17.1 Å². The van der Waals surface area contributed by atoms with Gasteiger partial charge in [-0.15, -0.1) is 0 Å². The van der Waals surface area contributed by atoms with Crippen LogP contribution >= 0.6 is 0 Å². The van der Waals surface area contributed by atoms with Gasteiger partial charge in [0.1, 0.15) is 0 Å². The molecule has 0 aliphatic carbocycles. The van der Waals surface area contributed by atoms with E-state index in [1.807, 2.05) is 0 Å². The summed E-state index contributed by atoms with van der Waals surface area (Å²) in [6.45, 7) is 0. The second-order valence-electron chi connectivity index (χ2n) is 14.1. The molecule has 258 valence electrons. The van der Waals surface area contributed by atoms with Gasteiger partial charge in [0.15, 0.2) is 0 Å². The van der Waals surface area contributed by atoms with Crippen LogP contribution in [0.25, 0.3) is 76.8 Å². The maximum absolute atomic E-state index is 2.37. The lowest BCUT2D eigenvalue weighted by Gasteiger charge is -2.26. The molecule has 0 atom stereocenters. The fourth-order valence-corrected chi connectivity index (χ4v) is 8.13. The van der Waals surface area contributed by atoms with E-state index in [-0.39, 0.29) is 0 Å². The van der Waals surface area contributed by atoms with E-state index in [1.54, 1.807) is 0 Å². The monoisotopic (exact) mass is 699 g/mol. The molecule has 0 aliphatic heterocycles. The fraction of sp³-hybridized carbons (Fsp3) is 0. The molecule has 1 heteroatoms. The number of nitrogens with zero attached hydrogens (tertiary/aromatic N) is 1. The largest absolute Gasteiger partial charge is 0.310 e. The summed E-state index contributed by atoms with van der Waals surface area (Å²) in [4.78, 5) is 2.37. The number of fused-ring (bicyclic) bond motifs is 4. The molecule has 1 nitrogen and oxygen atoms in total. The Kier molecular flexibility index (Phi) is 8.24. The van der Waals surface area contributed by atoms with Crippen molar-refractivity contribution in [2.75, 3.05) is 4.90 Å². The molecular formula is C54H37N. The Morgan fingerprint density at radius 2 is 0.727 bits per heavy atom. The summed E-state index contributed by atoms with van der Waals surface area (Å²) >= 11 is 0. The fourth-order valence-electron chi connectivity index (χ4n) is 8.13. The first kappa shape index (κ1) is 32.4. The molecule has 0 N–H and O–H groups in total. The van der Waals surface area contributed by atoms with Crippen LogP contribution < -0.4 is 4.90 Å². The lowest BCUT2D eigenvalue weighted by atomic mass is 9.93. The molecular weight excluding hydrogens is 663 g/mol. The van der Waals surface area contributed by atoms with Crippen molar-refractivity contribution in [2.45, 2.75) is 0 Å². The van der Waals surface area contributed by atoms with Gasteiger partial charge in [-0.1, -0.05) is 176 Å². The standard InChI is InChI=1S/C54H37N/c1-2-13-38(14-3-1)43-19-11-21-48(36-43)55(47-33-29-41(30-34-47)54-37-45-16-5-7-23-51(45)52-24-8-9-25-53(52)54)46-31-27-39(28-32-46)42-18-10-20-44(35-42)50-26-12-17-40-15-4-6-22-49(40)50/h1-37H. The van der Waals surface area contributed by atoms with E-state index < -0.39 is 0 Å². The molecule has 0 bridgehead atoms. The number of anilines is 3. The lowest BCUT2D eigenvalue weighted by molar-refractivity contribution is 1.28. The Hall–Kier alpha value is -7.22. The van der Waals surface area contributed by atoms with Crippen molar-refractivity contribution in [3.63, 3.8) is 0 Å². The molecule has 0 aliphatic rings. The predicted molar refractivity (Wildman–Crippen MR) is 235 cm³/mol. The zero-order chi connectivity index (χ0) is 36.6. The molecule has 10 aromatic rings. The zero-order valence-electron chi connectivity index (χ0n) is 30.3. The van der Waals surface area contributed by atoms with Crippen molar-refractivity contribution in [3.8, 4) is 44.5 Å². The minimum Gasteiger partial charge on any atom is -0.310 e. The number of hydrogen-bond donors (Lipinski definition) is 0. The van der Waals surface area contributed by atoms with Crippen molar-refractivity contribution in [1.82, 2.24) is 0 Å². The third kappa shape index (κ3) is 6.12. The molecule has 0 fully saturated rings. The lowest BCUT2D eigenvalue weighted by Crippen LogP contribution is -2.10. The number of benzene rings is 10. The van der Waals surface area contributed by atoms with Crippen LogP contribution in [0.5, 0.6) is 0 Å². The van der Waals surface area contributed by atoms with Crippen molar-refractivity contribution in [3.05, 3.63) is 224 Å². The first-order valence-corrected chi connectivity index (χ1v) is 18.9. The molecule has 10 aromatic carbocycles. The maximum Gasteiger partial charge on any atom is 0.0467 e. The van der Waals surface area contributed by atoms with Crippen LogP contribution in [0.2, 0.25) is 0 Å². The van der Waals surface area contributed by atoms with E-state index in [0.29, 0.717) is 0 Å². The molecule has 0 aromatic heterocycles. The zero-order valence-corrected chi connectivity index (χ0v) is 30.3. The van der Waals surface area contributed by atoms with Crippen LogP contribution in [0.1, 0.15) is 0 Å². The van der Waals surface area contributed by atoms with Crippen molar-refractivity contribution in [2.24, 2.45) is 0 Å². The number of rotatable bonds is 7. The van der Waals surface area contributed by atoms with Crippen molar-refractivity contribution >= 4 is 49.4 Å². The Labute approximate surface area is 322 Å².